The van der Waals surface area contributed by atoms with Gasteiger partial charge in [0.15, 0.2) is 0 Å². The predicted octanol–water partition coefficient (Wildman–Crippen LogP) is 3.97. The highest BCUT2D eigenvalue weighted by Crippen LogP contribution is 2.45. The minimum atomic E-state index is -0.650. The van der Waals surface area contributed by atoms with E-state index in [0.717, 1.165) is 33.7 Å². The Balaban J connectivity index is 1.88. The number of imidazole rings is 1. The Labute approximate surface area is 145 Å². The summed E-state index contributed by atoms with van der Waals surface area (Å²) in [7, 11) is 0. The number of rotatable bonds is 5. The molecule has 5 heteroatoms. The maximum Gasteiger partial charge on any atom is 0.235 e. The summed E-state index contributed by atoms with van der Waals surface area (Å²) in [6, 6.07) is 7.77. The van der Waals surface area contributed by atoms with E-state index in [1.54, 1.807) is 24.5 Å². The van der Waals surface area contributed by atoms with Gasteiger partial charge in [0.25, 0.3) is 0 Å². The van der Waals surface area contributed by atoms with Crippen molar-refractivity contribution in [1.82, 2.24) is 15.0 Å². The van der Waals surface area contributed by atoms with E-state index in [9.17, 15) is 4.79 Å². The zero-order valence-electron chi connectivity index (χ0n) is 13.7. The van der Waals surface area contributed by atoms with Gasteiger partial charge >= 0.3 is 0 Å². The Kier molecular flexibility index (Phi) is 3.50. The molecule has 5 nitrogen and oxygen atoms in total. The SMILES string of the molecule is C=CCC1(CC=C)C(=O)Nc2cc3[nH]c(-c4ccncc4)nc3cc21. The molecule has 0 unspecified atom stereocenters. The lowest BCUT2D eigenvalue weighted by atomic mass is 9.76. The molecule has 0 saturated carbocycles. The first-order valence-corrected chi connectivity index (χ1v) is 8.16. The summed E-state index contributed by atoms with van der Waals surface area (Å²) in [5, 5.41) is 3.01. The van der Waals surface area contributed by atoms with Crippen molar-refractivity contribution in [3.63, 3.8) is 0 Å². The predicted molar refractivity (Wildman–Crippen MR) is 99.3 cm³/mol. The highest BCUT2D eigenvalue weighted by Gasteiger charge is 2.45. The van der Waals surface area contributed by atoms with Crippen LogP contribution in [0.2, 0.25) is 0 Å². The van der Waals surface area contributed by atoms with Crippen molar-refractivity contribution in [2.24, 2.45) is 0 Å². The van der Waals surface area contributed by atoms with Gasteiger partial charge in [0, 0.05) is 23.6 Å². The van der Waals surface area contributed by atoms with Crippen molar-refractivity contribution >= 4 is 22.6 Å². The molecule has 1 aliphatic rings. The second-order valence-corrected chi connectivity index (χ2v) is 6.26. The molecule has 2 aromatic heterocycles. The minimum Gasteiger partial charge on any atom is -0.338 e. The summed E-state index contributed by atoms with van der Waals surface area (Å²) >= 11 is 0. The fraction of sp³-hybridized carbons (Fsp3) is 0.150. The van der Waals surface area contributed by atoms with E-state index in [1.165, 1.54) is 0 Å². The number of benzene rings is 1. The number of aromatic amines is 1. The third kappa shape index (κ3) is 2.28. The largest absolute Gasteiger partial charge is 0.338 e. The Morgan fingerprint density at radius 1 is 1.12 bits per heavy atom. The van der Waals surface area contributed by atoms with E-state index >= 15 is 0 Å². The van der Waals surface area contributed by atoms with Crippen molar-refractivity contribution in [2.75, 3.05) is 5.32 Å². The molecule has 0 spiro atoms. The van der Waals surface area contributed by atoms with Crippen molar-refractivity contribution < 1.29 is 4.79 Å². The highest BCUT2D eigenvalue weighted by molar-refractivity contribution is 6.08. The molecule has 0 bridgehead atoms. The lowest BCUT2D eigenvalue weighted by molar-refractivity contribution is -0.120. The number of amides is 1. The second kappa shape index (κ2) is 5.70. The number of nitrogens with zero attached hydrogens (tertiary/aromatic N) is 2. The van der Waals surface area contributed by atoms with Crippen LogP contribution in [0.3, 0.4) is 0 Å². The molecule has 0 saturated heterocycles. The number of carbonyl (C=O) groups excluding carboxylic acids is 1. The number of hydrogen-bond donors (Lipinski definition) is 2. The molecule has 1 aromatic carbocycles. The molecular weight excluding hydrogens is 312 g/mol. The average Bonchev–Trinajstić information content (AvgIpc) is 3.14. The van der Waals surface area contributed by atoms with Crippen LogP contribution in [-0.4, -0.2) is 20.9 Å². The van der Waals surface area contributed by atoms with Gasteiger partial charge in [-0.3, -0.25) is 9.78 Å². The van der Waals surface area contributed by atoms with E-state index in [0.29, 0.717) is 12.8 Å². The number of pyridine rings is 1. The molecule has 124 valence electrons. The van der Waals surface area contributed by atoms with Crippen molar-refractivity contribution in [1.29, 1.82) is 0 Å². The summed E-state index contributed by atoms with van der Waals surface area (Å²) in [4.78, 5) is 24.7. The van der Waals surface area contributed by atoms with E-state index in [-0.39, 0.29) is 5.91 Å². The van der Waals surface area contributed by atoms with Crippen molar-refractivity contribution in [2.45, 2.75) is 18.3 Å². The van der Waals surface area contributed by atoms with Gasteiger partial charge in [-0.15, -0.1) is 13.2 Å². The third-order valence-electron chi connectivity index (χ3n) is 4.76. The molecule has 1 aliphatic heterocycles. The van der Waals surface area contributed by atoms with E-state index in [1.807, 2.05) is 24.3 Å². The number of anilines is 1. The van der Waals surface area contributed by atoms with Crippen LogP contribution in [-0.2, 0) is 10.2 Å². The van der Waals surface area contributed by atoms with Gasteiger partial charge in [0.1, 0.15) is 5.82 Å². The molecule has 0 radical (unpaired) electrons. The molecular formula is C20H18N4O. The summed E-state index contributed by atoms with van der Waals surface area (Å²) in [5.41, 5.74) is 3.82. The maximum atomic E-state index is 12.7. The van der Waals surface area contributed by atoms with Crippen molar-refractivity contribution in [3.8, 4) is 11.4 Å². The number of fused-ring (bicyclic) bond motifs is 2. The molecule has 0 atom stereocenters. The molecule has 25 heavy (non-hydrogen) atoms. The van der Waals surface area contributed by atoms with Crippen LogP contribution < -0.4 is 5.32 Å². The zero-order chi connectivity index (χ0) is 17.4. The summed E-state index contributed by atoms with van der Waals surface area (Å²) in [5.74, 6) is 0.773. The van der Waals surface area contributed by atoms with Crippen LogP contribution >= 0.6 is 0 Å². The number of hydrogen-bond acceptors (Lipinski definition) is 3. The van der Waals surface area contributed by atoms with E-state index in [2.05, 4.69) is 28.4 Å². The summed E-state index contributed by atoms with van der Waals surface area (Å²) in [6.07, 6.45) is 8.17. The third-order valence-corrected chi connectivity index (χ3v) is 4.76. The van der Waals surface area contributed by atoms with Crippen LogP contribution in [0.1, 0.15) is 18.4 Å². The zero-order valence-corrected chi connectivity index (χ0v) is 13.7. The smallest absolute Gasteiger partial charge is 0.235 e. The molecule has 3 heterocycles. The first-order chi connectivity index (χ1) is 12.2. The minimum absolute atomic E-state index is 0.00990. The number of H-pyrrole nitrogens is 1. The fourth-order valence-corrected chi connectivity index (χ4v) is 3.55. The van der Waals surface area contributed by atoms with Gasteiger partial charge in [0.05, 0.1) is 16.4 Å². The number of allylic oxidation sites excluding steroid dienone is 2. The van der Waals surface area contributed by atoms with Crippen LogP contribution in [0, 0.1) is 0 Å². The number of aromatic nitrogens is 3. The standard InChI is InChI=1S/C20H18N4O/c1-3-7-20(8-4-2)14-11-16-17(12-15(14)24-19(20)25)23-18(22-16)13-5-9-21-10-6-13/h3-6,9-12H,1-2,7-8H2,(H,22,23)(H,24,25). The molecule has 2 N–H and O–H groups in total. The lowest BCUT2D eigenvalue weighted by Gasteiger charge is -2.24. The van der Waals surface area contributed by atoms with Crippen LogP contribution in [0.5, 0.6) is 0 Å². The van der Waals surface area contributed by atoms with Gasteiger partial charge in [-0.1, -0.05) is 12.2 Å². The maximum absolute atomic E-state index is 12.7. The van der Waals surface area contributed by atoms with Gasteiger partial charge in [-0.05, 0) is 42.7 Å². The Bertz CT molecular complexity index is 978. The molecule has 3 aromatic rings. The average molecular weight is 330 g/mol. The fourth-order valence-electron chi connectivity index (χ4n) is 3.55. The topological polar surface area (TPSA) is 70.7 Å². The van der Waals surface area contributed by atoms with Gasteiger partial charge in [-0.25, -0.2) is 4.98 Å². The summed E-state index contributed by atoms with van der Waals surface area (Å²) in [6.45, 7) is 7.65. The molecule has 1 amide bonds. The van der Waals surface area contributed by atoms with Gasteiger partial charge in [-0.2, -0.15) is 0 Å². The number of carbonyl (C=O) groups is 1. The second-order valence-electron chi connectivity index (χ2n) is 6.26. The Hall–Kier alpha value is -3.21. The highest BCUT2D eigenvalue weighted by atomic mass is 16.2. The quantitative estimate of drug-likeness (QED) is 0.696. The normalized spacial score (nSPS) is 15.0. The number of nitrogens with one attached hydrogen (secondary N) is 2. The molecule has 4 rings (SSSR count). The summed E-state index contributed by atoms with van der Waals surface area (Å²) < 4.78 is 0. The lowest BCUT2D eigenvalue weighted by Crippen LogP contribution is -2.33. The monoisotopic (exact) mass is 330 g/mol. The molecule has 0 fully saturated rings. The first-order valence-electron chi connectivity index (χ1n) is 8.16. The van der Waals surface area contributed by atoms with Gasteiger partial charge in [0.2, 0.25) is 5.91 Å². The first kappa shape index (κ1) is 15.3. The van der Waals surface area contributed by atoms with E-state index < -0.39 is 5.41 Å². The van der Waals surface area contributed by atoms with Gasteiger partial charge < -0.3 is 10.3 Å². The van der Waals surface area contributed by atoms with Crippen LogP contribution in [0.15, 0.2) is 62.0 Å². The molecule has 0 aliphatic carbocycles. The van der Waals surface area contributed by atoms with Crippen LogP contribution in [0.25, 0.3) is 22.4 Å². The van der Waals surface area contributed by atoms with Crippen LogP contribution in [0.4, 0.5) is 5.69 Å². The van der Waals surface area contributed by atoms with E-state index in [4.69, 9.17) is 4.98 Å². The Morgan fingerprint density at radius 3 is 2.52 bits per heavy atom. The Morgan fingerprint density at radius 2 is 1.84 bits per heavy atom. The van der Waals surface area contributed by atoms with Crippen molar-refractivity contribution in [3.05, 3.63) is 67.5 Å².